The van der Waals surface area contributed by atoms with Crippen LogP contribution in [0.4, 0.5) is 24.7 Å². The van der Waals surface area contributed by atoms with Crippen molar-refractivity contribution in [1.29, 1.82) is 0 Å². The maximum atomic E-state index is 15.2. The fourth-order valence-electron chi connectivity index (χ4n) is 5.90. The summed E-state index contributed by atoms with van der Waals surface area (Å²) in [7, 11) is 1.42. The number of nitrogens with zero attached hydrogens (tertiary/aromatic N) is 6. The number of aromatic nitrogens is 4. The Morgan fingerprint density at radius 2 is 1.87 bits per heavy atom. The fraction of sp³-hybridized carbons (Fsp3) is 0.367. The smallest absolute Gasteiger partial charge is 0.263 e. The lowest BCUT2D eigenvalue weighted by Gasteiger charge is -2.46. The van der Waals surface area contributed by atoms with E-state index in [0.29, 0.717) is 38.9 Å². The second-order valence-electron chi connectivity index (χ2n) is 11.6. The maximum Gasteiger partial charge on any atom is 0.263 e. The number of ether oxygens (including phenoxy) is 1. The highest BCUT2D eigenvalue weighted by molar-refractivity contribution is 6.33. The number of nitrogens with two attached hydrogens (primary N) is 1. The Hall–Kier alpha value is -4.67. The van der Waals surface area contributed by atoms with Gasteiger partial charge in [-0.3, -0.25) is 23.9 Å². The van der Waals surface area contributed by atoms with Crippen molar-refractivity contribution in [3.63, 3.8) is 0 Å². The molecule has 2 amide bonds. The van der Waals surface area contributed by atoms with Gasteiger partial charge < -0.3 is 30.4 Å². The molecule has 1 aromatic carbocycles. The minimum Gasteiger partial charge on any atom is -0.504 e. The van der Waals surface area contributed by atoms with E-state index in [0.717, 1.165) is 6.07 Å². The Morgan fingerprint density at radius 1 is 1.15 bits per heavy atom. The highest BCUT2D eigenvalue weighted by Gasteiger charge is 2.33. The lowest BCUT2D eigenvalue weighted by Crippen LogP contribution is -2.59. The average Bonchev–Trinajstić information content (AvgIpc) is 3.33. The van der Waals surface area contributed by atoms with Crippen LogP contribution in [-0.2, 0) is 23.1 Å². The number of benzene rings is 1. The molecule has 248 valence electrons. The van der Waals surface area contributed by atoms with Crippen LogP contribution in [0.5, 0.6) is 5.75 Å². The molecule has 17 heteroatoms. The average molecular weight is 675 g/mol. The number of hydrogen-bond donors (Lipinski definition) is 3. The number of hydrogen-bond acceptors (Lipinski definition) is 9. The molecule has 2 fully saturated rings. The quantitative estimate of drug-likeness (QED) is 0.250. The molecule has 0 spiro atoms. The van der Waals surface area contributed by atoms with E-state index in [1.807, 2.05) is 11.8 Å². The summed E-state index contributed by atoms with van der Waals surface area (Å²) in [5.74, 6) is -7.00. The summed E-state index contributed by atoms with van der Waals surface area (Å²) in [4.78, 5) is 51.2. The van der Waals surface area contributed by atoms with E-state index in [-0.39, 0.29) is 40.0 Å². The Morgan fingerprint density at radius 3 is 2.51 bits per heavy atom. The molecule has 3 aromatic heterocycles. The maximum absolute atomic E-state index is 15.2. The van der Waals surface area contributed by atoms with Crippen LogP contribution in [0.25, 0.3) is 22.2 Å². The minimum absolute atomic E-state index is 0.0252. The van der Waals surface area contributed by atoms with E-state index in [9.17, 15) is 28.3 Å². The van der Waals surface area contributed by atoms with Gasteiger partial charge >= 0.3 is 0 Å². The first-order chi connectivity index (χ1) is 22.3. The van der Waals surface area contributed by atoms with Crippen LogP contribution in [0.2, 0.25) is 5.02 Å². The Bertz CT molecular complexity index is 2010. The summed E-state index contributed by atoms with van der Waals surface area (Å²) in [5, 5.41) is 11.9. The van der Waals surface area contributed by atoms with Crippen LogP contribution in [0.3, 0.4) is 0 Å². The minimum atomic E-state index is -1.75. The third kappa shape index (κ3) is 5.65. The van der Waals surface area contributed by atoms with Crippen LogP contribution in [0.15, 0.2) is 23.1 Å². The van der Waals surface area contributed by atoms with Gasteiger partial charge in [0, 0.05) is 56.1 Å². The number of aromatic hydroxyl groups is 1. The van der Waals surface area contributed by atoms with Gasteiger partial charge in [0.25, 0.3) is 11.5 Å². The Labute approximate surface area is 270 Å². The molecule has 5 heterocycles. The van der Waals surface area contributed by atoms with Crippen molar-refractivity contribution >= 4 is 46.0 Å². The zero-order valence-electron chi connectivity index (χ0n) is 25.5. The number of nitrogens with one attached hydrogen (secondary N) is 1. The van der Waals surface area contributed by atoms with Crippen LogP contribution in [0.1, 0.15) is 23.1 Å². The van der Waals surface area contributed by atoms with Gasteiger partial charge in [0.15, 0.2) is 11.6 Å². The number of rotatable bonds is 7. The molecule has 13 nitrogen and oxygen atoms in total. The number of piperazine rings is 1. The second-order valence-corrected chi connectivity index (χ2v) is 12.0. The highest BCUT2D eigenvalue weighted by atomic mass is 35.5. The zero-order chi connectivity index (χ0) is 33.9. The van der Waals surface area contributed by atoms with E-state index in [1.54, 1.807) is 0 Å². The van der Waals surface area contributed by atoms with Gasteiger partial charge in [-0.15, -0.1) is 0 Å². The normalized spacial score (nSPS) is 17.3. The number of primary amides is 1. The molecule has 0 radical (unpaired) electrons. The van der Waals surface area contributed by atoms with Crippen LogP contribution < -0.4 is 21.5 Å². The number of phenols is 1. The van der Waals surface area contributed by atoms with Crippen LogP contribution in [0, 0.1) is 24.5 Å². The molecule has 0 aliphatic carbocycles. The summed E-state index contributed by atoms with van der Waals surface area (Å²) in [6.45, 7) is 6.34. The van der Waals surface area contributed by atoms with Crippen molar-refractivity contribution in [2.45, 2.75) is 32.5 Å². The molecular formula is C30H30ClF3N8O5. The Balaban J connectivity index is 1.34. The summed E-state index contributed by atoms with van der Waals surface area (Å²) in [5.41, 5.74) is 3.00. The molecule has 2 aliphatic heterocycles. The van der Waals surface area contributed by atoms with Crippen LogP contribution >= 0.6 is 11.6 Å². The van der Waals surface area contributed by atoms with E-state index < -0.39 is 63.4 Å². The number of pyridine rings is 1. The molecule has 47 heavy (non-hydrogen) atoms. The molecule has 0 bridgehead atoms. The molecule has 4 aromatic rings. The third-order valence-corrected chi connectivity index (χ3v) is 9.00. The van der Waals surface area contributed by atoms with Gasteiger partial charge in [-0.1, -0.05) is 11.6 Å². The largest absolute Gasteiger partial charge is 0.504 e. The van der Waals surface area contributed by atoms with E-state index in [2.05, 4.69) is 20.2 Å². The van der Waals surface area contributed by atoms with Gasteiger partial charge in [0.05, 0.1) is 35.9 Å². The fourth-order valence-corrected chi connectivity index (χ4v) is 6.05. The standard InChI is InChI=1S/C30H30ClF3N8O5/c1-13-8-40(15-11-47-12-15)4-5-42(13)20-7-19(23(31)27(34)38-20)37-21(43)10-41-9-18(22-29(41)36-14(2)39(3)30(22)46)16-6-17(28(35)45)26(44)25(33)24(16)32/h6-7,9,13,15,44H,4-5,8,10-12H2,1-3H3,(H2,35,45)(H,37,38,43)/t13-/m0/s1. The van der Waals surface area contributed by atoms with E-state index in [1.165, 1.54) is 35.4 Å². The summed E-state index contributed by atoms with van der Waals surface area (Å²) in [6.07, 6.45) is 1.19. The molecule has 2 aliphatic rings. The number of aryl methyl sites for hydroxylation is 1. The van der Waals surface area contributed by atoms with Crippen molar-refractivity contribution < 1.29 is 32.6 Å². The van der Waals surface area contributed by atoms with Crippen molar-refractivity contribution in [1.82, 2.24) is 24.0 Å². The predicted molar refractivity (Wildman–Crippen MR) is 166 cm³/mol. The summed E-state index contributed by atoms with van der Waals surface area (Å²) in [6, 6.07) is 2.61. The summed E-state index contributed by atoms with van der Waals surface area (Å²) < 4.78 is 52.5. The van der Waals surface area contributed by atoms with Gasteiger partial charge in [-0.25, -0.2) is 14.4 Å². The van der Waals surface area contributed by atoms with Gasteiger partial charge in [0.1, 0.15) is 28.9 Å². The van der Waals surface area contributed by atoms with Gasteiger partial charge in [0.2, 0.25) is 17.7 Å². The number of anilines is 2. The molecule has 0 saturated carbocycles. The number of fused-ring (bicyclic) bond motifs is 1. The van der Waals surface area contributed by atoms with E-state index >= 15 is 4.39 Å². The van der Waals surface area contributed by atoms with E-state index in [4.69, 9.17) is 22.1 Å². The molecule has 4 N–H and O–H groups in total. The lowest BCUT2D eigenvalue weighted by molar-refractivity contribution is -0.116. The molecule has 6 rings (SSSR count). The molecular weight excluding hydrogens is 645 g/mol. The predicted octanol–water partition coefficient (Wildman–Crippen LogP) is 2.53. The van der Waals surface area contributed by atoms with Crippen LogP contribution in [-0.4, -0.2) is 85.9 Å². The topological polar surface area (TPSA) is 161 Å². The van der Waals surface area contributed by atoms with Gasteiger partial charge in [-0.05, 0) is 19.9 Å². The second kappa shape index (κ2) is 12.2. The summed E-state index contributed by atoms with van der Waals surface area (Å²) >= 11 is 6.21. The van der Waals surface area contributed by atoms with Crippen molar-refractivity contribution in [2.24, 2.45) is 12.8 Å². The lowest BCUT2D eigenvalue weighted by atomic mass is 10.0. The Kier molecular flexibility index (Phi) is 8.36. The third-order valence-electron chi connectivity index (χ3n) is 8.64. The molecule has 1 atom stereocenters. The first-order valence-corrected chi connectivity index (χ1v) is 15.0. The number of halogens is 4. The first-order valence-electron chi connectivity index (χ1n) is 14.6. The monoisotopic (exact) mass is 674 g/mol. The molecule has 0 unspecified atom stereocenters. The van der Waals surface area contributed by atoms with Gasteiger partial charge in [-0.2, -0.15) is 8.78 Å². The van der Waals surface area contributed by atoms with Crippen molar-refractivity contribution in [3.05, 3.63) is 62.7 Å². The SMILES string of the molecule is Cc1nc2c(c(-c3cc(C(N)=O)c(O)c(F)c3F)cn2CC(=O)Nc2cc(N3CCN(C4COC4)C[C@@H]3C)nc(F)c2Cl)c(=O)n1C. The number of amides is 2. The molecule has 2 saturated heterocycles. The number of carbonyl (C=O) groups is 2. The van der Waals surface area contributed by atoms with Crippen molar-refractivity contribution in [3.8, 4) is 16.9 Å². The first kappa shape index (κ1) is 32.3. The zero-order valence-corrected chi connectivity index (χ0v) is 26.2. The highest BCUT2D eigenvalue weighted by Crippen LogP contribution is 2.36. The number of carbonyl (C=O) groups excluding carboxylic acids is 2. The van der Waals surface area contributed by atoms with Crippen molar-refractivity contribution in [2.75, 3.05) is 43.1 Å².